The van der Waals surface area contributed by atoms with Crippen molar-refractivity contribution in [2.45, 2.75) is 37.1 Å². The monoisotopic (exact) mass is 465 g/mol. The zero-order chi connectivity index (χ0) is 23.2. The van der Waals surface area contributed by atoms with Crippen LogP contribution in [0.25, 0.3) is 22.0 Å². The largest absolute Gasteiger partial charge is 0.503 e. The topological polar surface area (TPSA) is 74.7 Å². The van der Waals surface area contributed by atoms with Gasteiger partial charge in [-0.15, -0.1) is 0 Å². The number of rotatable bonds is 6. The molecule has 0 atom stereocenters. The van der Waals surface area contributed by atoms with Crippen LogP contribution in [0.5, 0.6) is 11.5 Å². The second-order valence-corrected chi connectivity index (χ2v) is 9.69. The Labute approximate surface area is 198 Å². The molecular weight excluding hydrogens is 438 g/mol. The van der Waals surface area contributed by atoms with Crippen LogP contribution in [0.2, 0.25) is 5.02 Å². The molecule has 2 fully saturated rings. The van der Waals surface area contributed by atoms with E-state index in [4.69, 9.17) is 21.3 Å². The highest BCUT2D eigenvalue weighted by Crippen LogP contribution is 2.50. The number of aldehydes is 1. The zero-order valence-electron chi connectivity index (χ0n) is 18.9. The molecule has 2 aromatic carbocycles. The van der Waals surface area contributed by atoms with Crippen LogP contribution in [-0.4, -0.2) is 54.6 Å². The number of anilines is 1. The third-order valence-electron chi connectivity index (χ3n) is 7.07. The summed E-state index contributed by atoms with van der Waals surface area (Å²) < 4.78 is 5.29. The van der Waals surface area contributed by atoms with E-state index in [1.165, 1.54) is 7.11 Å². The number of hydrogen-bond acceptors (Lipinski definition) is 6. The standard InChI is InChI=1S/C26H28ClN3O3/c1-30-9-5-18(6-10-30)29-24-19-11-16(17-12-21(27)25(32)23(13-17)33-2)3-4-22(19)28-14-20(24)26(15-31)7-8-26/h3-4,11-15,18,32H,5-10H2,1-2H3,(H,28,29). The predicted octanol–water partition coefficient (Wildman–Crippen LogP) is 5.01. The molecule has 6 nitrogen and oxygen atoms in total. The van der Waals surface area contributed by atoms with E-state index in [1.54, 1.807) is 12.1 Å². The van der Waals surface area contributed by atoms with Crippen molar-refractivity contribution in [3.63, 3.8) is 0 Å². The number of fused-ring (bicyclic) bond motifs is 1. The van der Waals surface area contributed by atoms with Gasteiger partial charge in [-0.3, -0.25) is 4.98 Å². The maximum atomic E-state index is 12.0. The Hall–Kier alpha value is -2.83. The lowest BCUT2D eigenvalue weighted by atomic mass is 9.93. The lowest BCUT2D eigenvalue weighted by Crippen LogP contribution is -2.37. The van der Waals surface area contributed by atoms with Gasteiger partial charge in [-0.05, 0) is 81.2 Å². The summed E-state index contributed by atoms with van der Waals surface area (Å²) in [6.07, 6.45) is 6.79. The van der Waals surface area contributed by atoms with Gasteiger partial charge in [0.1, 0.15) is 6.29 Å². The van der Waals surface area contributed by atoms with E-state index in [0.717, 1.165) is 78.3 Å². The number of pyridine rings is 1. The van der Waals surface area contributed by atoms with Gasteiger partial charge in [0.25, 0.3) is 0 Å². The van der Waals surface area contributed by atoms with E-state index in [-0.39, 0.29) is 10.8 Å². The molecule has 0 amide bonds. The molecule has 0 bridgehead atoms. The highest BCUT2D eigenvalue weighted by molar-refractivity contribution is 6.32. The average Bonchev–Trinajstić information content (AvgIpc) is 3.63. The number of halogens is 1. The molecule has 2 heterocycles. The van der Waals surface area contributed by atoms with Gasteiger partial charge in [-0.25, -0.2) is 0 Å². The summed E-state index contributed by atoms with van der Waals surface area (Å²) in [6.45, 7) is 2.10. The molecule has 1 aliphatic heterocycles. The number of hydrogen-bond donors (Lipinski definition) is 2. The van der Waals surface area contributed by atoms with Crippen molar-refractivity contribution in [3.8, 4) is 22.6 Å². The second-order valence-electron chi connectivity index (χ2n) is 9.28. The molecule has 0 unspecified atom stereocenters. The first kappa shape index (κ1) is 22.0. The minimum absolute atomic E-state index is 0.0704. The third-order valence-corrected chi connectivity index (χ3v) is 7.36. The molecule has 1 saturated heterocycles. The minimum atomic E-state index is -0.434. The van der Waals surface area contributed by atoms with E-state index in [2.05, 4.69) is 23.3 Å². The number of piperidine rings is 1. The molecule has 5 rings (SSSR count). The molecule has 33 heavy (non-hydrogen) atoms. The van der Waals surface area contributed by atoms with Crippen LogP contribution in [0, 0.1) is 0 Å². The van der Waals surface area contributed by atoms with Crippen LogP contribution in [0.15, 0.2) is 36.5 Å². The fourth-order valence-corrected chi connectivity index (χ4v) is 4.95. The summed E-state index contributed by atoms with van der Waals surface area (Å²) in [7, 11) is 3.66. The van der Waals surface area contributed by atoms with E-state index < -0.39 is 5.41 Å². The average molecular weight is 466 g/mol. The highest BCUT2D eigenvalue weighted by atomic mass is 35.5. The minimum Gasteiger partial charge on any atom is -0.503 e. The number of phenols is 1. The lowest BCUT2D eigenvalue weighted by Gasteiger charge is -2.31. The van der Waals surface area contributed by atoms with E-state index >= 15 is 0 Å². The van der Waals surface area contributed by atoms with Gasteiger partial charge in [0.2, 0.25) is 0 Å². The predicted molar refractivity (Wildman–Crippen MR) is 132 cm³/mol. The lowest BCUT2D eigenvalue weighted by molar-refractivity contribution is -0.109. The number of aromatic nitrogens is 1. The van der Waals surface area contributed by atoms with Gasteiger partial charge in [-0.2, -0.15) is 0 Å². The summed E-state index contributed by atoms with van der Waals surface area (Å²) in [5.74, 6) is 0.256. The van der Waals surface area contributed by atoms with Gasteiger partial charge in [0.15, 0.2) is 11.5 Å². The number of methoxy groups -OCH3 is 1. The fraction of sp³-hybridized carbons (Fsp3) is 0.385. The molecule has 1 aliphatic carbocycles. The molecule has 172 valence electrons. The number of benzene rings is 2. The zero-order valence-corrected chi connectivity index (χ0v) is 19.7. The van der Waals surface area contributed by atoms with E-state index in [0.29, 0.717) is 11.8 Å². The molecular formula is C26H28ClN3O3. The normalized spacial score (nSPS) is 18.3. The van der Waals surface area contributed by atoms with Crippen LogP contribution < -0.4 is 10.1 Å². The highest BCUT2D eigenvalue weighted by Gasteiger charge is 2.46. The van der Waals surface area contributed by atoms with Crippen molar-refractivity contribution in [3.05, 3.63) is 47.1 Å². The van der Waals surface area contributed by atoms with Crippen molar-refractivity contribution < 1.29 is 14.6 Å². The Morgan fingerprint density at radius 3 is 2.64 bits per heavy atom. The molecule has 0 radical (unpaired) electrons. The van der Waals surface area contributed by atoms with Crippen molar-refractivity contribution in [2.75, 3.05) is 32.6 Å². The number of carbonyl (C=O) groups excluding carboxylic acids is 1. The summed E-state index contributed by atoms with van der Waals surface area (Å²) in [6, 6.07) is 9.92. The number of carbonyl (C=O) groups is 1. The number of nitrogens with one attached hydrogen (secondary N) is 1. The smallest absolute Gasteiger partial charge is 0.176 e. The Morgan fingerprint density at radius 2 is 1.97 bits per heavy atom. The number of likely N-dealkylation sites (tertiary alicyclic amines) is 1. The molecule has 7 heteroatoms. The summed E-state index contributed by atoms with van der Waals surface area (Å²) >= 11 is 6.25. The number of phenolic OH excluding ortho intramolecular Hbond substituents is 1. The van der Waals surface area contributed by atoms with Crippen molar-refractivity contribution in [1.82, 2.24) is 9.88 Å². The summed E-state index contributed by atoms with van der Waals surface area (Å²) in [5.41, 5.74) is 4.21. The summed E-state index contributed by atoms with van der Waals surface area (Å²) in [4.78, 5) is 19.1. The quantitative estimate of drug-likeness (QED) is 0.499. The van der Waals surface area contributed by atoms with Crippen LogP contribution in [0.4, 0.5) is 5.69 Å². The first-order valence-electron chi connectivity index (χ1n) is 11.4. The van der Waals surface area contributed by atoms with Crippen LogP contribution >= 0.6 is 11.6 Å². The third kappa shape index (κ3) is 4.02. The second kappa shape index (κ2) is 8.50. The fourth-order valence-electron chi connectivity index (χ4n) is 4.74. The van der Waals surface area contributed by atoms with Gasteiger partial charge < -0.3 is 24.9 Å². The first-order valence-corrected chi connectivity index (χ1v) is 11.7. The summed E-state index contributed by atoms with van der Waals surface area (Å²) in [5, 5.41) is 15.2. The van der Waals surface area contributed by atoms with Crippen LogP contribution in [0.3, 0.4) is 0 Å². The molecule has 3 aromatic rings. The van der Waals surface area contributed by atoms with Crippen molar-refractivity contribution >= 4 is 34.5 Å². The maximum Gasteiger partial charge on any atom is 0.176 e. The van der Waals surface area contributed by atoms with E-state index in [9.17, 15) is 9.90 Å². The van der Waals surface area contributed by atoms with Crippen molar-refractivity contribution in [1.29, 1.82) is 0 Å². The number of nitrogens with zero attached hydrogens (tertiary/aromatic N) is 2. The number of ether oxygens (including phenoxy) is 1. The molecule has 1 aromatic heterocycles. The van der Waals surface area contributed by atoms with E-state index in [1.807, 2.05) is 18.3 Å². The molecule has 0 spiro atoms. The van der Waals surface area contributed by atoms with Crippen molar-refractivity contribution in [2.24, 2.45) is 0 Å². The van der Waals surface area contributed by atoms with Gasteiger partial charge in [0.05, 0.1) is 23.1 Å². The maximum absolute atomic E-state index is 12.0. The van der Waals surface area contributed by atoms with Crippen LogP contribution in [-0.2, 0) is 10.2 Å². The van der Waals surface area contributed by atoms with Gasteiger partial charge >= 0.3 is 0 Å². The Bertz CT molecular complexity index is 1220. The number of aromatic hydroxyl groups is 1. The first-order chi connectivity index (χ1) is 15.9. The Morgan fingerprint density at radius 1 is 1.21 bits per heavy atom. The molecule has 2 aliphatic rings. The Kier molecular flexibility index (Phi) is 5.67. The van der Waals surface area contributed by atoms with Gasteiger partial charge in [0, 0.05) is 28.9 Å². The Balaban J connectivity index is 1.64. The SMILES string of the molecule is COc1cc(-c2ccc3ncc(C4(C=O)CC4)c(NC4CCN(C)CC4)c3c2)cc(Cl)c1O. The molecule has 2 N–H and O–H groups in total. The van der Waals surface area contributed by atoms with Gasteiger partial charge in [-0.1, -0.05) is 17.7 Å². The molecule has 1 saturated carbocycles. The van der Waals surface area contributed by atoms with Crippen LogP contribution in [0.1, 0.15) is 31.2 Å².